The first-order valence-electron chi connectivity index (χ1n) is 10.4. The lowest BCUT2D eigenvalue weighted by atomic mass is 10.0. The number of nitrogens with zero attached hydrogens (tertiary/aromatic N) is 2. The highest BCUT2D eigenvalue weighted by molar-refractivity contribution is 6.29. The van der Waals surface area contributed by atoms with Crippen LogP contribution < -0.4 is 0 Å². The second-order valence-corrected chi connectivity index (χ2v) is 8.12. The molecular formula is C27H15N3O. The standard InChI is InChI=1S/C27H15N3O/c1-3-9-19-15(7-1)16-13-14-18-23-17-8-2-6-12-22(17)31-27(23)30-21-11-5-4-10-20(21)29-26(30)24(18)25(16)28-19/h1-14,28H. The van der Waals surface area contributed by atoms with Crippen LogP contribution in [-0.4, -0.2) is 14.4 Å². The molecule has 8 rings (SSSR count). The number of rotatable bonds is 0. The SMILES string of the molecule is c1ccc2c(c1)nc1c3c(ccc4c5ccccc5[nH]c43)c3c4ccccc4oc3n21. The molecule has 0 aliphatic heterocycles. The van der Waals surface area contributed by atoms with Crippen molar-refractivity contribution in [2.24, 2.45) is 0 Å². The van der Waals surface area contributed by atoms with E-state index in [1.54, 1.807) is 0 Å². The highest BCUT2D eigenvalue weighted by atomic mass is 16.3. The first-order valence-corrected chi connectivity index (χ1v) is 10.4. The quantitative estimate of drug-likeness (QED) is 0.295. The maximum absolute atomic E-state index is 6.42. The summed E-state index contributed by atoms with van der Waals surface area (Å²) in [6, 6.07) is 29.4. The van der Waals surface area contributed by atoms with Crippen LogP contribution in [0.25, 0.3) is 71.3 Å². The number of benzene rings is 4. The summed E-state index contributed by atoms with van der Waals surface area (Å²) in [4.78, 5) is 8.75. The number of fused-ring (bicyclic) bond motifs is 14. The van der Waals surface area contributed by atoms with Gasteiger partial charge in [-0.15, -0.1) is 0 Å². The number of aromatic amines is 1. The van der Waals surface area contributed by atoms with E-state index in [0.717, 1.165) is 60.6 Å². The number of hydrogen-bond donors (Lipinski definition) is 1. The van der Waals surface area contributed by atoms with Crippen molar-refractivity contribution in [2.75, 3.05) is 0 Å². The molecule has 0 radical (unpaired) electrons. The number of nitrogens with one attached hydrogen (secondary N) is 1. The minimum Gasteiger partial charge on any atom is -0.439 e. The number of aromatic nitrogens is 3. The third-order valence-electron chi connectivity index (χ3n) is 6.52. The summed E-state index contributed by atoms with van der Waals surface area (Å²) in [5.74, 6) is 0. The third kappa shape index (κ3) is 1.79. The van der Waals surface area contributed by atoms with E-state index in [1.807, 2.05) is 18.2 Å². The van der Waals surface area contributed by atoms with Gasteiger partial charge < -0.3 is 9.40 Å². The summed E-state index contributed by atoms with van der Waals surface area (Å²) in [6.45, 7) is 0. The van der Waals surface area contributed by atoms with Gasteiger partial charge in [0, 0.05) is 27.1 Å². The number of hydrogen-bond acceptors (Lipinski definition) is 2. The molecule has 144 valence electrons. The lowest BCUT2D eigenvalue weighted by Gasteiger charge is -2.06. The van der Waals surface area contributed by atoms with E-state index in [9.17, 15) is 0 Å². The van der Waals surface area contributed by atoms with Gasteiger partial charge in [0.05, 0.1) is 27.3 Å². The zero-order valence-electron chi connectivity index (χ0n) is 16.4. The molecule has 0 spiro atoms. The number of imidazole rings is 1. The van der Waals surface area contributed by atoms with Gasteiger partial charge in [-0.05, 0) is 24.3 Å². The lowest BCUT2D eigenvalue weighted by Crippen LogP contribution is -1.90. The molecule has 4 aromatic heterocycles. The van der Waals surface area contributed by atoms with Crippen molar-refractivity contribution < 1.29 is 4.42 Å². The first kappa shape index (κ1) is 15.5. The van der Waals surface area contributed by atoms with Crippen molar-refractivity contribution in [3.05, 3.63) is 84.9 Å². The Labute approximate surface area is 175 Å². The summed E-state index contributed by atoms with van der Waals surface area (Å²) in [7, 11) is 0. The maximum atomic E-state index is 6.42. The van der Waals surface area contributed by atoms with Crippen LogP contribution in [0.1, 0.15) is 0 Å². The average molecular weight is 397 g/mol. The van der Waals surface area contributed by atoms with Gasteiger partial charge in [0.15, 0.2) is 5.65 Å². The second kappa shape index (κ2) is 5.24. The Morgan fingerprint density at radius 3 is 2.42 bits per heavy atom. The molecule has 0 aliphatic carbocycles. The molecule has 0 saturated carbocycles. The molecular weight excluding hydrogens is 382 g/mol. The van der Waals surface area contributed by atoms with Crippen LogP contribution in [0.15, 0.2) is 89.3 Å². The molecule has 0 amide bonds. The number of furan rings is 1. The van der Waals surface area contributed by atoms with Gasteiger partial charge in [0.1, 0.15) is 5.58 Å². The molecule has 0 atom stereocenters. The molecule has 4 nitrogen and oxygen atoms in total. The fourth-order valence-electron chi connectivity index (χ4n) is 5.21. The Balaban J connectivity index is 1.79. The molecule has 0 bridgehead atoms. The van der Waals surface area contributed by atoms with E-state index >= 15 is 0 Å². The molecule has 0 saturated heterocycles. The second-order valence-electron chi connectivity index (χ2n) is 8.12. The van der Waals surface area contributed by atoms with Gasteiger partial charge >= 0.3 is 0 Å². The molecule has 0 unspecified atom stereocenters. The largest absolute Gasteiger partial charge is 0.439 e. The van der Waals surface area contributed by atoms with E-state index in [-0.39, 0.29) is 0 Å². The van der Waals surface area contributed by atoms with Crippen LogP contribution >= 0.6 is 0 Å². The summed E-state index contributed by atoms with van der Waals surface area (Å²) < 4.78 is 8.60. The normalized spacial score (nSPS) is 12.5. The smallest absolute Gasteiger partial charge is 0.215 e. The van der Waals surface area contributed by atoms with Gasteiger partial charge in [0.2, 0.25) is 5.71 Å². The Kier molecular flexibility index (Phi) is 2.62. The van der Waals surface area contributed by atoms with Crippen molar-refractivity contribution >= 4 is 71.3 Å². The predicted octanol–water partition coefficient (Wildman–Crippen LogP) is 7.17. The Morgan fingerprint density at radius 1 is 0.677 bits per heavy atom. The van der Waals surface area contributed by atoms with E-state index in [4.69, 9.17) is 9.40 Å². The fourth-order valence-corrected chi connectivity index (χ4v) is 5.21. The topological polar surface area (TPSA) is 46.2 Å². The minimum absolute atomic E-state index is 0.841. The Morgan fingerprint density at radius 2 is 1.45 bits per heavy atom. The summed E-state index contributed by atoms with van der Waals surface area (Å²) in [6.07, 6.45) is 0. The predicted molar refractivity (Wildman–Crippen MR) is 127 cm³/mol. The van der Waals surface area contributed by atoms with Crippen LogP contribution in [0.5, 0.6) is 0 Å². The summed E-state index contributed by atoms with van der Waals surface area (Å²) in [5.41, 5.74) is 6.91. The molecule has 8 aromatic rings. The highest BCUT2D eigenvalue weighted by Gasteiger charge is 2.21. The van der Waals surface area contributed by atoms with Gasteiger partial charge in [-0.1, -0.05) is 60.7 Å². The van der Waals surface area contributed by atoms with Gasteiger partial charge in [-0.3, -0.25) is 4.40 Å². The number of para-hydroxylation sites is 4. The zero-order valence-corrected chi connectivity index (χ0v) is 16.4. The van der Waals surface area contributed by atoms with E-state index in [1.165, 1.54) is 10.8 Å². The lowest BCUT2D eigenvalue weighted by molar-refractivity contribution is 0.650. The van der Waals surface area contributed by atoms with E-state index in [2.05, 4.69) is 76.1 Å². The van der Waals surface area contributed by atoms with Crippen LogP contribution in [0.4, 0.5) is 0 Å². The molecule has 31 heavy (non-hydrogen) atoms. The Hall–Kier alpha value is -4.31. The van der Waals surface area contributed by atoms with Crippen LogP contribution in [0.3, 0.4) is 0 Å². The van der Waals surface area contributed by atoms with E-state index in [0.29, 0.717) is 0 Å². The fraction of sp³-hybridized carbons (Fsp3) is 0. The average Bonchev–Trinajstić information content (AvgIpc) is 3.49. The van der Waals surface area contributed by atoms with Gasteiger partial charge in [-0.2, -0.15) is 0 Å². The van der Waals surface area contributed by atoms with Gasteiger partial charge in [0.25, 0.3) is 0 Å². The monoisotopic (exact) mass is 397 g/mol. The molecule has 1 N–H and O–H groups in total. The molecule has 0 aliphatic rings. The van der Waals surface area contributed by atoms with Crippen LogP contribution in [0, 0.1) is 0 Å². The Bertz CT molecular complexity index is 2000. The first-order chi connectivity index (χ1) is 15.4. The van der Waals surface area contributed by atoms with E-state index < -0.39 is 0 Å². The summed E-state index contributed by atoms with van der Waals surface area (Å²) in [5, 5.41) is 6.97. The molecule has 0 fully saturated rings. The number of H-pyrrole nitrogens is 1. The maximum Gasteiger partial charge on any atom is 0.215 e. The van der Waals surface area contributed by atoms with Crippen LogP contribution in [0.2, 0.25) is 0 Å². The highest BCUT2D eigenvalue weighted by Crippen LogP contribution is 2.41. The van der Waals surface area contributed by atoms with Gasteiger partial charge in [-0.25, -0.2) is 4.98 Å². The van der Waals surface area contributed by atoms with Crippen molar-refractivity contribution in [2.45, 2.75) is 0 Å². The molecule has 4 heterocycles. The van der Waals surface area contributed by atoms with Crippen molar-refractivity contribution in [3.8, 4) is 0 Å². The number of pyridine rings is 1. The zero-order chi connectivity index (χ0) is 20.1. The molecule has 4 aromatic carbocycles. The van der Waals surface area contributed by atoms with Crippen molar-refractivity contribution in [3.63, 3.8) is 0 Å². The van der Waals surface area contributed by atoms with Crippen LogP contribution in [-0.2, 0) is 0 Å². The van der Waals surface area contributed by atoms with Crippen molar-refractivity contribution in [1.82, 2.24) is 14.4 Å². The van der Waals surface area contributed by atoms with Crippen molar-refractivity contribution in [1.29, 1.82) is 0 Å². The third-order valence-corrected chi connectivity index (χ3v) is 6.52. The minimum atomic E-state index is 0.841. The summed E-state index contributed by atoms with van der Waals surface area (Å²) >= 11 is 0. The molecule has 4 heteroatoms.